The molecule has 0 aliphatic rings. The number of carboxylic acid groups (broad SMARTS) is 1. The second-order valence-corrected chi connectivity index (χ2v) is 2.63. The number of carboxylic acids is 1. The van der Waals surface area contributed by atoms with Gasteiger partial charge in [-0.1, -0.05) is 13.3 Å². The molecule has 0 unspecified atom stereocenters. The lowest BCUT2D eigenvalue weighted by Gasteiger charge is -1.85. The van der Waals surface area contributed by atoms with Crippen LogP contribution in [0.2, 0.25) is 0 Å². The normalized spacial score (nSPS) is 8.64. The molecule has 14 heavy (non-hydrogen) atoms. The van der Waals surface area contributed by atoms with E-state index in [-0.39, 0.29) is 0 Å². The average molecular weight is 198 g/mol. The summed E-state index contributed by atoms with van der Waals surface area (Å²) in [6, 6.07) is 3.27. The van der Waals surface area contributed by atoms with Crippen molar-refractivity contribution in [1.29, 1.82) is 0 Å². The van der Waals surface area contributed by atoms with E-state index < -0.39 is 5.97 Å². The van der Waals surface area contributed by atoms with Crippen molar-refractivity contribution < 1.29 is 19.1 Å². The highest BCUT2D eigenvalue weighted by Gasteiger charge is 1.90. The highest BCUT2D eigenvalue weighted by Crippen LogP contribution is 1.92. The van der Waals surface area contributed by atoms with Crippen molar-refractivity contribution in [2.45, 2.75) is 26.2 Å². The van der Waals surface area contributed by atoms with Crippen molar-refractivity contribution >= 4 is 12.3 Å². The fraction of sp³-hybridized carbons (Fsp3) is 0.400. The van der Waals surface area contributed by atoms with Gasteiger partial charge in [0.1, 0.15) is 0 Å². The third kappa shape index (κ3) is 7.09. The number of rotatable bonds is 4. The zero-order chi connectivity index (χ0) is 10.8. The molecule has 0 aliphatic heterocycles. The second kappa shape index (κ2) is 8.04. The van der Waals surface area contributed by atoms with Crippen LogP contribution in [-0.4, -0.2) is 17.4 Å². The lowest BCUT2D eigenvalue weighted by Crippen LogP contribution is -1.91. The molecule has 0 atom stereocenters. The number of carbonyl (C=O) groups excluding carboxylic acids is 1. The number of carbonyl (C=O) groups is 2. The third-order valence-corrected chi connectivity index (χ3v) is 1.40. The Kier molecular flexibility index (Phi) is 7.13. The first-order chi connectivity index (χ1) is 6.70. The van der Waals surface area contributed by atoms with Crippen LogP contribution in [0.15, 0.2) is 22.8 Å². The molecular weight excluding hydrogens is 184 g/mol. The minimum Gasteiger partial charge on any atom is -0.481 e. The summed E-state index contributed by atoms with van der Waals surface area (Å²) in [6.45, 7) is 1.98. The van der Waals surface area contributed by atoms with Crippen LogP contribution in [-0.2, 0) is 4.79 Å². The van der Waals surface area contributed by atoms with Crippen molar-refractivity contribution in [1.82, 2.24) is 0 Å². The molecule has 1 heterocycles. The molecule has 0 amide bonds. The van der Waals surface area contributed by atoms with Gasteiger partial charge >= 0.3 is 5.97 Å². The largest absolute Gasteiger partial charge is 0.481 e. The molecule has 0 aliphatic carbocycles. The first kappa shape index (κ1) is 12.4. The van der Waals surface area contributed by atoms with Gasteiger partial charge in [-0.05, 0) is 18.6 Å². The van der Waals surface area contributed by atoms with Crippen molar-refractivity contribution in [3.8, 4) is 0 Å². The Morgan fingerprint density at radius 2 is 2.36 bits per heavy atom. The van der Waals surface area contributed by atoms with Crippen LogP contribution in [0.1, 0.15) is 36.7 Å². The number of aldehydes is 1. The van der Waals surface area contributed by atoms with Crippen molar-refractivity contribution in [3.63, 3.8) is 0 Å². The van der Waals surface area contributed by atoms with E-state index in [9.17, 15) is 9.59 Å². The van der Waals surface area contributed by atoms with E-state index in [4.69, 9.17) is 5.11 Å². The number of unbranched alkanes of at least 4 members (excludes halogenated alkanes) is 1. The topological polar surface area (TPSA) is 67.5 Å². The zero-order valence-corrected chi connectivity index (χ0v) is 8.10. The SMILES string of the molecule is CCCCC(=O)O.O=Cc1ccco1. The Hall–Kier alpha value is -1.58. The predicted octanol–water partition coefficient (Wildman–Crippen LogP) is 2.35. The fourth-order valence-corrected chi connectivity index (χ4v) is 0.686. The van der Waals surface area contributed by atoms with Gasteiger partial charge in [-0.2, -0.15) is 0 Å². The van der Waals surface area contributed by atoms with Gasteiger partial charge in [-0.3, -0.25) is 9.59 Å². The fourth-order valence-electron chi connectivity index (χ4n) is 0.686. The van der Waals surface area contributed by atoms with Crippen LogP contribution in [0, 0.1) is 0 Å². The van der Waals surface area contributed by atoms with E-state index in [0.29, 0.717) is 18.5 Å². The molecule has 78 valence electrons. The summed E-state index contributed by atoms with van der Waals surface area (Å²) in [5.74, 6) is -0.318. The summed E-state index contributed by atoms with van der Waals surface area (Å²) >= 11 is 0. The van der Waals surface area contributed by atoms with E-state index in [1.165, 1.54) is 6.26 Å². The molecule has 0 fully saturated rings. The molecule has 4 heteroatoms. The highest BCUT2D eigenvalue weighted by molar-refractivity contribution is 5.69. The lowest BCUT2D eigenvalue weighted by atomic mass is 10.3. The summed E-state index contributed by atoms with van der Waals surface area (Å²) in [5, 5.41) is 8.04. The van der Waals surface area contributed by atoms with Gasteiger partial charge < -0.3 is 9.52 Å². The molecule has 1 N–H and O–H groups in total. The van der Waals surface area contributed by atoms with Crippen LogP contribution in [0.3, 0.4) is 0 Å². The minimum atomic E-state index is -0.693. The average Bonchev–Trinajstić information content (AvgIpc) is 2.68. The highest BCUT2D eigenvalue weighted by atomic mass is 16.4. The summed E-state index contributed by atoms with van der Waals surface area (Å²) in [6.07, 6.45) is 4.21. The van der Waals surface area contributed by atoms with Gasteiger partial charge in [0.05, 0.1) is 6.26 Å². The Morgan fingerprint density at radius 3 is 2.57 bits per heavy atom. The summed E-state index contributed by atoms with van der Waals surface area (Å²) in [5.41, 5.74) is 0. The van der Waals surface area contributed by atoms with Crippen LogP contribution >= 0.6 is 0 Å². The van der Waals surface area contributed by atoms with Crippen LogP contribution in [0.5, 0.6) is 0 Å². The van der Waals surface area contributed by atoms with Crippen molar-refractivity contribution in [2.75, 3.05) is 0 Å². The van der Waals surface area contributed by atoms with Gasteiger partial charge in [0.2, 0.25) is 0 Å². The molecule has 1 aromatic rings. The molecule has 0 saturated heterocycles. The molecular formula is C10H14O4. The van der Waals surface area contributed by atoms with Crippen molar-refractivity contribution in [3.05, 3.63) is 24.2 Å². The number of furan rings is 1. The maximum absolute atomic E-state index is 9.77. The Labute approximate surface area is 82.5 Å². The van der Waals surface area contributed by atoms with Crippen molar-refractivity contribution in [2.24, 2.45) is 0 Å². The quantitative estimate of drug-likeness (QED) is 0.754. The summed E-state index contributed by atoms with van der Waals surface area (Å²) in [4.78, 5) is 19.5. The van der Waals surface area contributed by atoms with E-state index in [1.54, 1.807) is 12.1 Å². The van der Waals surface area contributed by atoms with E-state index in [2.05, 4.69) is 4.42 Å². The molecule has 0 aromatic carbocycles. The Bertz CT molecular complexity index is 251. The molecule has 4 nitrogen and oxygen atoms in total. The first-order valence-electron chi connectivity index (χ1n) is 4.41. The van der Waals surface area contributed by atoms with E-state index in [0.717, 1.165) is 12.8 Å². The minimum absolute atomic E-state index is 0.316. The molecule has 1 rings (SSSR count). The molecule has 0 spiro atoms. The van der Waals surface area contributed by atoms with Gasteiger partial charge in [0.15, 0.2) is 12.0 Å². The molecule has 0 radical (unpaired) electrons. The van der Waals surface area contributed by atoms with Crippen LogP contribution < -0.4 is 0 Å². The Morgan fingerprint density at radius 1 is 1.64 bits per heavy atom. The summed E-state index contributed by atoms with van der Waals surface area (Å²) in [7, 11) is 0. The smallest absolute Gasteiger partial charge is 0.303 e. The van der Waals surface area contributed by atoms with Gasteiger partial charge in [-0.25, -0.2) is 0 Å². The standard InChI is InChI=1S/C5H4O2.C5H10O2/c6-4-5-2-1-3-7-5;1-2-3-4-5(6)7/h1-4H;2-4H2,1H3,(H,6,7). The van der Waals surface area contributed by atoms with Crippen LogP contribution in [0.4, 0.5) is 0 Å². The first-order valence-corrected chi connectivity index (χ1v) is 4.41. The number of hydrogen-bond acceptors (Lipinski definition) is 3. The molecule has 0 saturated carbocycles. The lowest BCUT2D eigenvalue weighted by molar-refractivity contribution is -0.137. The van der Waals surface area contributed by atoms with Gasteiger partial charge in [0, 0.05) is 6.42 Å². The maximum Gasteiger partial charge on any atom is 0.303 e. The van der Waals surface area contributed by atoms with E-state index >= 15 is 0 Å². The molecule has 0 bridgehead atoms. The zero-order valence-electron chi connectivity index (χ0n) is 8.10. The predicted molar refractivity (Wildman–Crippen MR) is 51.3 cm³/mol. The second-order valence-electron chi connectivity index (χ2n) is 2.63. The van der Waals surface area contributed by atoms with Gasteiger partial charge in [-0.15, -0.1) is 0 Å². The molecule has 1 aromatic heterocycles. The van der Waals surface area contributed by atoms with Crippen LogP contribution in [0.25, 0.3) is 0 Å². The van der Waals surface area contributed by atoms with E-state index in [1.807, 2.05) is 6.92 Å². The maximum atomic E-state index is 9.77. The Balaban J connectivity index is 0.000000241. The third-order valence-electron chi connectivity index (χ3n) is 1.40. The monoisotopic (exact) mass is 198 g/mol. The number of aliphatic carboxylic acids is 1. The van der Waals surface area contributed by atoms with Gasteiger partial charge in [0.25, 0.3) is 0 Å². The summed E-state index contributed by atoms with van der Waals surface area (Å²) < 4.78 is 4.61. The number of hydrogen-bond donors (Lipinski definition) is 1.